The third kappa shape index (κ3) is 4.36. The van der Waals surface area contributed by atoms with Crippen molar-refractivity contribution in [2.45, 2.75) is 45.2 Å². The maximum atomic E-state index is 14.0. The molecule has 1 atom stereocenters. The first-order valence-corrected chi connectivity index (χ1v) is 9.33. The third-order valence-electron chi connectivity index (χ3n) is 5.11. The molecule has 0 aliphatic rings. The van der Waals surface area contributed by atoms with Crippen molar-refractivity contribution >= 4 is 10.8 Å². The zero-order chi connectivity index (χ0) is 19.6. The lowest BCUT2D eigenvalue weighted by molar-refractivity contribution is 0.0341. The Labute approximate surface area is 160 Å². The fourth-order valence-electron chi connectivity index (χ4n) is 3.57. The monoisotopic (exact) mass is 367 g/mol. The number of hydrogen-bond acceptors (Lipinski definition) is 1. The summed E-state index contributed by atoms with van der Waals surface area (Å²) >= 11 is 0. The van der Waals surface area contributed by atoms with Crippen molar-refractivity contribution < 1.29 is 8.78 Å². The van der Waals surface area contributed by atoms with Gasteiger partial charge in [0.1, 0.15) is 0 Å². The maximum Gasteiger partial charge on any atom is 0.258 e. The standard InChI is InChI=1S/C24H27F2N/c1-24(2,3)19-14-12-17(13-15-19)16-27(4)22(23(25)26)21-11-7-9-18-8-5-6-10-20(18)21/h5-15,22-23H,16H2,1-4H3. The summed E-state index contributed by atoms with van der Waals surface area (Å²) in [5, 5.41) is 1.88. The smallest absolute Gasteiger partial charge is 0.258 e. The van der Waals surface area contributed by atoms with Crippen molar-refractivity contribution in [1.29, 1.82) is 0 Å². The Morgan fingerprint density at radius 2 is 1.48 bits per heavy atom. The zero-order valence-electron chi connectivity index (χ0n) is 16.4. The number of alkyl halides is 2. The summed E-state index contributed by atoms with van der Waals surface area (Å²) in [6, 6.07) is 20.7. The average Bonchev–Trinajstić information content (AvgIpc) is 2.61. The van der Waals surface area contributed by atoms with Crippen molar-refractivity contribution in [3.63, 3.8) is 0 Å². The van der Waals surface area contributed by atoms with E-state index >= 15 is 0 Å². The molecule has 1 unspecified atom stereocenters. The van der Waals surface area contributed by atoms with Gasteiger partial charge in [0.05, 0.1) is 6.04 Å². The van der Waals surface area contributed by atoms with Crippen LogP contribution in [0.5, 0.6) is 0 Å². The molecule has 0 amide bonds. The highest BCUT2D eigenvalue weighted by Gasteiger charge is 2.28. The number of fused-ring (bicyclic) bond motifs is 1. The van der Waals surface area contributed by atoms with Crippen LogP contribution in [0.4, 0.5) is 8.78 Å². The Balaban J connectivity index is 1.89. The van der Waals surface area contributed by atoms with Crippen LogP contribution >= 0.6 is 0 Å². The Bertz CT molecular complexity index is 889. The van der Waals surface area contributed by atoms with Gasteiger partial charge in [-0.05, 0) is 39.9 Å². The lowest BCUT2D eigenvalue weighted by Gasteiger charge is -2.29. The predicted octanol–water partition coefficient (Wildman–Crippen LogP) is 6.58. The quantitative estimate of drug-likeness (QED) is 0.492. The molecule has 142 valence electrons. The molecule has 0 saturated heterocycles. The lowest BCUT2D eigenvalue weighted by Crippen LogP contribution is -2.29. The van der Waals surface area contributed by atoms with Crippen molar-refractivity contribution in [3.05, 3.63) is 83.4 Å². The molecule has 27 heavy (non-hydrogen) atoms. The van der Waals surface area contributed by atoms with Gasteiger partial charge in [-0.15, -0.1) is 0 Å². The van der Waals surface area contributed by atoms with Gasteiger partial charge in [0, 0.05) is 6.54 Å². The van der Waals surface area contributed by atoms with E-state index in [9.17, 15) is 8.78 Å². The summed E-state index contributed by atoms with van der Waals surface area (Å²) in [4.78, 5) is 1.75. The summed E-state index contributed by atoms with van der Waals surface area (Å²) in [6.07, 6.45) is -2.46. The molecule has 0 fully saturated rings. The molecule has 0 aliphatic carbocycles. The van der Waals surface area contributed by atoms with E-state index in [2.05, 4.69) is 32.9 Å². The largest absolute Gasteiger partial charge is 0.290 e. The third-order valence-corrected chi connectivity index (χ3v) is 5.11. The van der Waals surface area contributed by atoms with Gasteiger partial charge in [-0.2, -0.15) is 0 Å². The van der Waals surface area contributed by atoms with Gasteiger partial charge in [-0.3, -0.25) is 4.90 Å². The molecule has 3 heteroatoms. The molecule has 3 aromatic rings. The van der Waals surface area contributed by atoms with Crippen LogP contribution in [0.3, 0.4) is 0 Å². The van der Waals surface area contributed by atoms with Crippen molar-refractivity contribution in [2.24, 2.45) is 0 Å². The van der Waals surface area contributed by atoms with Gasteiger partial charge in [0.15, 0.2) is 0 Å². The van der Waals surface area contributed by atoms with E-state index in [1.807, 2.05) is 54.6 Å². The average molecular weight is 367 g/mol. The highest BCUT2D eigenvalue weighted by molar-refractivity contribution is 5.86. The predicted molar refractivity (Wildman–Crippen MR) is 109 cm³/mol. The first-order chi connectivity index (χ1) is 12.8. The van der Waals surface area contributed by atoms with Crippen LogP contribution in [0.1, 0.15) is 43.5 Å². The van der Waals surface area contributed by atoms with Crippen LogP contribution in [0.2, 0.25) is 0 Å². The number of rotatable bonds is 5. The summed E-state index contributed by atoms with van der Waals surface area (Å²) in [5.41, 5.74) is 3.04. The Kier molecular flexibility index (Phi) is 5.61. The molecule has 0 spiro atoms. The Morgan fingerprint density at radius 1 is 0.852 bits per heavy atom. The fraction of sp³-hybridized carbons (Fsp3) is 0.333. The molecule has 0 N–H and O–H groups in total. The highest BCUT2D eigenvalue weighted by Crippen LogP contribution is 2.33. The highest BCUT2D eigenvalue weighted by atomic mass is 19.3. The van der Waals surface area contributed by atoms with Crippen molar-refractivity contribution in [3.8, 4) is 0 Å². The molecular weight excluding hydrogens is 340 g/mol. The van der Waals surface area contributed by atoms with Crippen molar-refractivity contribution in [2.75, 3.05) is 7.05 Å². The Hall–Kier alpha value is -2.26. The van der Waals surface area contributed by atoms with Gasteiger partial charge >= 0.3 is 0 Å². The van der Waals surface area contributed by atoms with Crippen LogP contribution in [0, 0.1) is 0 Å². The van der Waals surface area contributed by atoms with Gasteiger partial charge < -0.3 is 0 Å². The summed E-state index contributed by atoms with van der Waals surface area (Å²) in [5.74, 6) is 0. The molecule has 0 bridgehead atoms. The molecule has 3 aromatic carbocycles. The fourth-order valence-corrected chi connectivity index (χ4v) is 3.57. The number of hydrogen-bond donors (Lipinski definition) is 0. The first-order valence-electron chi connectivity index (χ1n) is 9.33. The second kappa shape index (κ2) is 7.77. The van der Waals surface area contributed by atoms with Gasteiger partial charge in [-0.25, -0.2) is 8.78 Å². The van der Waals surface area contributed by atoms with E-state index in [0.29, 0.717) is 12.1 Å². The minimum Gasteiger partial charge on any atom is -0.290 e. The topological polar surface area (TPSA) is 3.24 Å². The summed E-state index contributed by atoms with van der Waals surface area (Å²) in [6.45, 7) is 6.98. The molecular formula is C24H27F2N. The van der Waals surface area contributed by atoms with E-state index in [4.69, 9.17) is 0 Å². The summed E-state index contributed by atoms with van der Waals surface area (Å²) < 4.78 is 28.1. The van der Waals surface area contributed by atoms with Gasteiger partial charge in [0.25, 0.3) is 6.43 Å². The molecule has 0 saturated carbocycles. The molecule has 0 aliphatic heterocycles. The number of halogens is 2. The number of benzene rings is 3. The van der Waals surface area contributed by atoms with E-state index in [0.717, 1.165) is 16.3 Å². The first kappa shape index (κ1) is 19.5. The van der Waals surface area contributed by atoms with E-state index in [-0.39, 0.29) is 5.41 Å². The molecule has 3 rings (SSSR count). The van der Waals surface area contributed by atoms with Crippen molar-refractivity contribution in [1.82, 2.24) is 4.90 Å². The molecule has 0 aromatic heterocycles. The SMILES string of the molecule is CN(Cc1ccc(C(C)(C)C)cc1)C(c1cccc2ccccc12)C(F)F. The minimum atomic E-state index is -2.46. The van der Waals surface area contributed by atoms with E-state index < -0.39 is 12.5 Å². The second-order valence-corrected chi connectivity index (χ2v) is 8.21. The summed E-state index contributed by atoms with van der Waals surface area (Å²) in [7, 11) is 1.77. The number of nitrogens with zero attached hydrogens (tertiary/aromatic N) is 1. The van der Waals surface area contributed by atoms with Crippen LogP contribution in [-0.2, 0) is 12.0 Å². The van der Waals surface area contributed by atoms with Gasteiger partial charge in [-0.1, -0.05) is 87.5 Å². The van der Waals surface area contributed by atoms with Crippen LogP contribution < -0.4 is 0 Å². The van der Waals surface area contributed by atoms with Crippen LogP contribution in [0.15, 0.2) is 66.7 Å². The second-order valence-electron chi connectivity index (χ2n) is 8.21. The molecule has 1 nitrogen and oxygen atoms in total. The lowest BCUT2D eigenvalue weighted by atomic mass is 9.86. The molecule has 0 radical (unpaired) electrons. The minimum absolute atomic E-state index is 0.0822. The van der Waals surface area contributed by atoms with Gasteiger partial charge in [0.2, 0.25) is 0 Å². The van der Waals surface area contributed by atoms with Crippen LogP contribution in [-0.4, -0.2) is 18.4 Å². The van der Waals surface area contributed by atoms with Crippen LogP contribution in [0.25, 0.3) is 10.8 Å². The zero-order valence-corrected chi connectivity index (χ0v) is 16.4. The molecule has 0 heterocycles. The normalized spacial score (nSPS) is 13.5. The van der Waals surface area contributed by atoms with E-state index in [1.54, 1.807) is 11.9 Å². The maximum absolute atomic E-state index is 14.0. The van der Waals surface area contributed by atoms with E-state index in [1.165, 1.54) is 5.56 Å². The Morgan fingerprint density at radius 3 is 2.11 bits per heavy atom.